The molecule has 0 bridgehead atoms. The minimum Gasteiger partial charge on any atom is -0.358 e. The normalized spacial score (nSPS) is 11.6. The van der Waals surface area contributed by atoms with Gasteiger partial charge < -0.3 is 15.7 Å². The molecule has 0 fully saturated rings. The molecule has 3 N–H and O–H groups in total. The molecular formula is C16H13Cl2F3N6. The van der Waals surface area contributed by atoms with Gasteiger partial charge in [-0.2, -0.15) is 13.2 Å². The summed E-state index contributed by atoms with van der Waals surface area (Å²) >= 11 is 5.94. The van der Waals surface area contributed by atoms with Crippen molar-refractivity contribution in [3.05, 3.63) is 47.2 Å². The number of hydrogen-bond donors (Lipinski definition) is 3. The molecule has 6 nitrogen and oxygen atoms in total. The van der Waals surface area contributed by atoms with Crippen molar-refractivity contribution >= 4 is 57.7 Å². The maximum Gasteiger partial charge on any atom is 0.416 e. The maximum absolute atomic E-state index is 12.9. The van der Waals surface area contributed by atoms with Crippen LogP contribution in [0, 0.1) is 0 Å². The molecule has 3 heterocycles. The molecule has 3 aromatic heterocycles. The fourth-order valence-electron chi connectivity index (χ4n) is 2.76. The quantitative estimate of drug-likeness (QED) is 0.414. The molecule has 0 saturated carbocycles. The SMILES string of the molecule is CNn1c(Nc2c[nH]c3ccc(Cl)nc23)nc2cc(C(F)(F)F)ccc21.Cl. The van der Waals surface area contributed by atoms with Crippen LogP contribution in [-0.4, -0.2) is 26.7 Å². The molecule has 0 unspecified atom stereocenters. The van der Waals surface area contributed by atoms with Crippen LogP contribution in [0.4, 0.5) is 24.8 Å². The van der Waals surface area contributed by atoms with Crippen LogP contribution in [-0.2, 0) is 6.18 Å². The lowest BCUT2D eigenvalue weighted by molar-refractivity contribution is -0.137. The molecule has 0 atom stereocenters. The molecule has 4 rings (SSSR count). The second-order valence-corrected chi connectivity index (χ2v) is 5.94. The van der Waals surface area contributed by atoms with Gasteiger partial charge in [0.05, 0.1) is 27.8 Å². The number of hydrogen-bond acceptors (Lipinski definition) is 4. The Kier molecular flexibility index (Phi) is 4.83. The van der Waals surface area contributed by atoms with E-state index in [-0.39, 0.29) is 17.9 Å². The van der Waals surface area contributed by atoms with Crippen molar-refractivity contribution in [2.75, 3.05) is 17.8 Å². The Morgan fingerprint density at radius 2 is 1.93 bits per heavy atom. The zero-order chi connectivity index (χ0) is 18.5. The largest absolute Gasteiger partial charge is 0.416 e. The number of H-pyrrole nitrogens is 1. The minimum absolute atomic E-state index is 0. The number of aromatic amines is 1. The lowest BCUT2D eigenvalue weighted by atomic mass is 10.2. The predicted octanol–water partition coefficient (Wildman–Crippen LogP) is 4.92. The number of aromatic nitrogens is 4. The first-order chi connectivity index (χ1) is 12.4. The van der Waals surface area contributed by atoms with Gasteiger partial charge in [0.2, 0.25) is 5.95 Å². The van der Waals surface area contributed by atoms with Crippen LogP contribution in [0.1, 0.15) is 5.56 Å². The van der Waals surface area contributed by atoms with Gasteiger partial charge >= 0.3 is 6.18 Å². The molecule has 0 radical (unpaired) electrons. The molecule has 1 aromatic carbocycles. The van der Waals surface area contributed by atoms with Crippen molar-refractivity contribution in [1.82, 2.24) is 19.6 Å². The standard InChI is InChI=1S/C16H12ClF3N6.ClH/c1-21-26-12-4-2-8(16(18,19)20)6-10(12)23-15(26)24-11-7-22-9-3-5-13(17)25-14(9)11;/h2-7,21-22H,1H3,(H,23,24);1H. The molecule has 142 valence electrons. The van der Waals surface area contributed by atoms with Crippen molar-refractivity contribution < 1.29 is 13.2 Å². The molecule has 0 aliphatic carbocycles. The van der Waals surface area contributed by atoms with Gasteiger partial charge in [-0.3, -0.25) is 0 Å². The summed E-state index contributed by atoms with van der Waals surface area (Å²) in [5, 5.41) is 3.41. The number of alkyl halides is 3. The third-order valence-corrected chi connectivity index (χ3v) is 4.15. The van der Waals surface area contributed by atoms with Crippen molar-refractivity contribution in [2.45, 2.75) is 6.18 Å². The van der Waals surface area contributed by atoms with Crippen LogP contribution < -0.4 is 10.7 Å². The van der Waals surface area contributed by atoms with E-state index < -0.39 is 11.7 Å². The lowest BCUT2D eigenvalue weighted by Crippen LogP contribution is -2.12. The Morgan fingerprint density at radius 3 is 2.63 bits per heavy atom. The summed E-state index contributed by atoms with van der Waals surface area (Å²) in [4.78, 5) is 11.6. The Morgan fingerprint density at radius 1 is 1.15 bits per heavy atom. The number of fused-ring (bicyclic) bond motifs is 2. The highest BCUT2D eigenvalue weighted by atomic mass is 35.5. The third kappa shape index (κ3) is 3.35. The topological polar surface area (TPSA) is 70.6 Å². The molecule has 0 spiro atoms. The lowest BCUT2D eigenvalue weighted by Gasteiger charge is -2.09. The van der Waals surface area contributed by atoms with E-state index in [4.69, 9.17) is 11.6 Å². The van der Waals surface area contributed by atoms with Crippen LogP contribution in [0.5, 0.6) is 0 Å². The summed E-state index contributed by atoms with van der Waals surface area (Å²) in [6, 6.07) is 6.85. The Labute approximate surface area is 162 Å². The Bertz CT molecular complexity index is 1120. The van der Waals surface area contributed by atoms with Gasteiger partial charge in [0.15, 0.2) is 0 Å². The molecule has 0 amide bonds. The molecule has 4 aromatic rings. The number of anilines is 2. The zero-order valence-electron chi connectivity index (χ0n) is 13.7. The van der Waals surface area contributed by atoms with Crippen LogP contribution in [0.3, 0.4) is 0 Å². The summed E-state index contributed by atoms with van der Waals surface area (Å²) in [7, 11) is 1.65. The predicted molar refractivity (Wildman–Crippen MR) is 102 cm³/mol. The van der Waals surface area contributed by atoms with Gasteiger partial charge in [-0.15, -0.1) is 12.4 Å². The molecule has 0 aliphatic rings. The van der Waals surface area contributed by atoms with E-state index in [9.17, 15) is 13.2 Å². The highest BCUT2D eigenvalue weighted by molar-refractivity contribution is 6.29. The first-order valence-electron chi connectivity index (χ1n) is 7.55. The number of pyridine rings is 1. The number of rotatable bonds is 3. The number of imidazole rings is 1. The summed E-state index contributed by atoms with van der Waals surface area (Å²) in [5.74, 6) is 0.324. The van der Waals surface area contributed by atoms with E-state index in [1.54, 1.807) is 30.1 Å². The van der Waals surface area contributed by atoms with Crippen molar-refractivity contribution in [3.63, 3.8) is 0 Å². The number of benzene rings is 1. The Balaban J connectivity index is 0.00000210. The van der Waals surface area contributed by atoms with E-state index in [0.717, 1.165) is 17.6 Å². The van der Waals surface area contributed by atoms with Gasteiger partial charge in [0.1, 0.15) is 10.7 Å². The van der Waals surface area contributed by atoms with Crippen molar-refractivity contribution in [3.8, 4) is 0 Å². The Hall–Kier alpha value is -2.65. The van der Waals surface area contributed by atoms with Crippen LogP contribution in [0.25, 0.3) is 22.1 Å². The minimum atomic E-state index is -4.43. The fourth-order valence-corrected chi connectivity index (χ4v) is 2.91. The van der Waals surface area contributed by atoms with E-state index in [1.165, 1.54) is 6.07 Å². The van der Waals surface area contributed by atoms with E-state index in [1.807, 2.05) is 0 Å². The molecular weight excluding hydrogens is 404 g/mol. The van der Waals surface area contributed by atoms with E-state index in [0.29, 0.717) is 27.8 Å². The molecule has 0 saturated heterocycles. The first-order valence-corrected chi connectivity index (χ1v) is 7.93. The molecule has 0 aliphatic heterocycles. The monoisotopic (exact) mass is 416 g/mol. The number of nitrogens with zero attached hydrogens (tertiary/aromatic N) is 3. The van der Waals surface area contributed by atoms with E-state index in [2.05, 4.69) is 25.7 Å². The van der Waals surface area contributed by atoms with Crippen LogP contribution in [0.15, 0.2) is 36.5 Å². The van der Waals surface area contributed by atoms with Crippen molar-refractivity contribution in [1.29, 1.82) is 0 Å². The second kappa shape index (κ2) is 6.82. The average molecular weight is 417 g/mol. The smallest absolute Gasteiger partial charge is 0.358 e. The number of nitrogens with one attached hydrogen (secondary N) is 3. The van der Waals surface area contributed by atoms with Gasteiger partial charge in [-0.25, -0.2) is 14.6 Å². The molecule has 27 heavy (non-hydrogen) atoms. The molecule has 11 heteroatoms. The van der Waals surface area contributed by atoms with Gasteiger partial charge in [0.25, 0.3) is 0 Å². The zero-order valence-corrected chi connectivity index (χ0v) is 15.3. The maximum atomic E-state index is 12.9. The van der Waals surface area contributed by atoms with Crippen molar-refractivity contribution in [2.24, 2.45) is 0 Å². The summed E-state index contributed by atoms with van der Waals surface area (Å²) in [6.07, 6.45) is -2.74. The third-order valence-electron chi connectivity index (χ3n) is 3.94. The highest BCUT2D eigenvalue weighted by Crippen LogP contribution is 2.33. The van der Waals surface area contributed by atoms with Gasteiger partial charge in [-0.1, -0.05) is 11.6 Å². The van der Waals surface area contributed by atoms with Crippen LogP contribution in [0.2, 0.25) is 5.15 Å². The first kappa shape index (κ1) is 19.1. The van der Waals surface area contributed by atoms with Gasteiger partial charge in [0, 0.05) is 13.2 Å². The summed E-state index contributed by atoms with van der Waals surface area (Å²) < 4.78 is 40.3. The second-order valence-electron chi connectivity index (χ2n) is 5.55. The van der Waals surface area contributed by atoms with E-state index >= 15 is 0 Å². The summed E-state index contributed by atoms with van der Waals surface area (Å²) in [5.41, 5.74) is 4.84. The average Bonchev–Trinajstić information content (AvgIpc) is 3.14. The van der Waals surface area contributed by atoms with Crippen LogP contribution >= 0.6 is 24.0 Å². The van der Waals surface area contributed by atoms with Gasteiger partial charge in [-0.05, 0) is 30.3 Å². The fraction of sp³-hybridized carbons (Fsp3) is 0.125. The number of halogens is 5. The summed E-state index contributed by atoms with van der Waals surface area (Å²) in [6.45, 7) is 0. The highest BCUT2D eigenvalue weighted by Gasteiger charge is 2.31.